The summed E-state index contributed by atoms with van der Waals surface area (Å²) in [6.07, 6.45) is 1.38. The second-order valence-electron chi connectivity index (χ2n) is 6.35. The molecule has 8 heteroatoms. The number of ether oxygens (including phenoxy) is 1. The maximum atomic E-state index is 12.4. The molecule has 1 heterocycles. The molecule has 0 spiro atoms. The average Bonchev–Trinajstić information content (AvgIpc) is 3.08. The van der Waals surface area contributed by atoms with Crippen molar-refractivity contribution >= 4 is 27.6 Å². The highest BCUT2D eigenvalue weighted by molar-refractivity contribution is 7.89. The van der Waals surface area contributed by atoms with Gasteiger partial charge in [-0.3, -0.25) is 4.79 Å². The lowest BCUT2D eigenvalue weighted by molar-refractivity contribution is -0.117. The van der Waals surface area contributed by atoms with Gasteiger partial charge in [-0.25, -0.2) is 17.5 Å². The number of nitrogens with zero attached hydrogens (tertiary/aromatic N) is 2. The van der Waals surface area contributed by atoms with Crippen LogP contribution in [0.2, 0.25) is 0 Å². The molecule has 0 unspecified atom stereocenters. The molecule has 2 aromatic rings. The molecule has 0 bridgehead atoms. The summed E-state index contributed by atoms with van der Waals surface area (Å²) in [5.74, 6) is -0.259. The fourth-order valence-electron chi connectivity index (χ4n) is 2.78. The number of anilines is 1. The summed E-state index contributed by atoms with van der Waals surface area (Å²) < 4.78 is 30.8. The van der Waals surface area contributed by atoms with E-state index in [9.17, 15) is 18.0 Å². The monoisotopic (exact) mass is 388 g/mol. The van der Waals surface area contributed by atoms with Gasteiger partial charge in [0, 0.05) is 32.7 Å². The summed E-state index contributed by atoms with van der Waals surface area (Å²) in [6.45, 7) is 0.686. The second-order valence-corrected chi connectivity index (χ2v) is 8.50. The van der Waals surface area contributed by atoms with Crippen LogP contribution in [0.1, 0.15) is 23.2 Å². The molecule has 0 atom stereocenters. The maximum absolute atomic E-state index is 12.4. The van der Waals surface area contributed by atoms with Gasteiger partial charge in [0.2, 0.25) is 15.9 Å². The van der Waals surface area contributed by atoms with Crippen molar-refractivity contribution < 1.29 is 22.7 Å². The van der Waals surface area contributed by atoms with Gasteiger partial charge in [-0.1, -0.05) is 6.07 Å². The molecule has 3 rings (SSSR count). The van der Waals surface area contributed by atoms with Crippen LogP contribution in [0.25, 0.3) is 0 Å². The molecule has 0 saturated carbocycles. The molecule has 7 nitrogen and oxygen atoms in total. The summed E-state index contributed by atoms with van der Waals surface area (Å²) in [5.41, 5.74) is 0.896. The fraction of sp³-hybridized carbons (Fsp3) is 0.263. The normalized spacial score (nSPS) is 14.6. The number of rotatable bonds is 5. The molecule has 1 amide bonds. The number of hydrogen-bond donors (Lipinski definition) is 0. The topological polar surface area (TPSA) is 84.0 Å². The lowest BCUT2D eigenvalue weighted by Crippen LogP contribution is -2.23. The van der Waals surface area contributed by atoms with Crippen LogP contribution >= 0.6 is 0 Å². The molecule has 1 aliphatic rings. The molecule has 1 aliphatic heterocycles. The molecule has 0 radical (unpaired) electrons. The van der Waals surface area contributed by atoms with Crippen molar-refractivity contribution in [1.82, 2.24) is 4.31 Å². The smallest absolute Gasteiger partial charge is 0.343 e. The lowest BCUT2D eigenvalue weighted by atomic mass is 10.2. The second kappa shape index (κ2) is 7.50. The molecule has 2 aromatic carbocycles. The first-order chi connectivity index (χ1) is 12.8. The summed E-state index contributed by atoms with van der Waals surface area (Å²) in [4.78, 5) is 25.8. The largest absolute Gasteiger partial charge is 0.423 e. The van der Waals surface area contributed by atoms with Crippen molar-refractivity contribution in [3.8, 4) is 5.75 Å². The first kappa shape index (κ1) is 19.1. The third-order valence-electron chi connectivity index (χ3n) is 4.28. The van der Waals surface area contributed by atoms with E-state index in [2.05, 4.69) is 0 Å². The van der Waals surface area contributed by atoms with Gasteiger partial charge >= 0.3 is 5.97 Å². The summed E-state index contributed by atoms with van der Waals surface area (Å²) in [7, 11) is -0.791. The van der Waals surface area contributed by atoms with E-state index in [1.54, 1.807) is 29.2 Å². The number of carbonyl (C=O) groups excluding carboxylic acids is 2. The van der Waals surface area contributed by atoms with Gasteiger partial charge in [-0.15, -0.1) is 0 Å². The van der Waals surface area contributed by atoms with Crippen molar-refractivity contribution in [3.63, 3.8) is 0 Å². The molecule has 142 valence electrons. The lowest BCUT2D eigenvalue weighted by Gasteiger charge is -2.16. The van der Waals surface area contributed by atoms with Gasteiger partial charge in [0.15, 0.2) is 0 Å². The third kappa shape index (κ3) is 4.01. The summed E-state index contributed by atoms with van der Waals surface area (Å²) >= 11 is 0. The van der Waals surface area contributed by atoms with Crippen LogP contribution < -0.4 is 9.64 Å². The Hall–Kier alpha value is -2.71. The van der Waals surface area contributed by atoms with Crippen molar-refractivity contribution in [2.24, 2.45) is 0 Å². The van der Waals surface area contributed by atoms with E-state index in [4.69, 9.17) is 4.74 Å². The number of hydrogen-bond acceptors (Lipinski definition) is 5. The highest BCUT2D eigenvalue weighted by Crippen LogP contribution is 2.24. The molecule has 0 N–H and O–H groups in total. The minimum atomic E-state index is -3.64. The van der Waals surface area contributed by atoms with Crippen LogP contribution in [0.3, 0.4) is 0 Å². The SMILES string of the molecule is CN(C)S(=O)(=O)c1cccc(C(=O)Oc2ccc(N3CCCC3=O)cc2)c1. The third-order valence-corrected chi connectivity index (χ3v) is 6.09. The minimum Gasteiger partial charge on any atom is -0.423 e. The molecule has 1 saturated heterocycles. The van der Waals surface area contributed by atoms with Crippen LogP contribution in [0.15, 0.2) is 53.4 Å². The molecule has 27 heavy (non-hydrogen) atoms. The van der Waals surface area contributed by atoms with Gasteiger partial charge in [-0.05, 0) is 48.9 Å². The molecule has 0 aromatic heterocycles. The van der Waals surface area contributed by atoms with Crippen molar-refractivity contribution in [2.45, 2.75) is 17.7 Å². The van der Waals surface area contributed by atoms with Crippen molar-refractivity contribution in [3.05, 3.63) is 54.1 Å². The predicted octanol–water partition coefficient (Wildman–Crippen LogP) is 2.28. The zero-order valence-electron chi connectivity index (χ0n) is 15.1. The van der Waals surface area contributed by atoms with E-state index in [0.717, 1.165) is 16.4 Å². The zero-order valence-corrected chi connectivity index (χ0v) is 15.9. The van der Waals surface area contributed by atoms with Crippen LogP contribution in [0, 0.1) is 0 Å². The summed E-state index contributed by atoms with van der Waals surface area (Å²) in [6, 6.07) is 12.4. The first-order valence-corrected chi connectivity index (χ1v) is 9.88. The van der Waals surface area contributed by atoms with Crippen molar-refractivity contribution in [2.75, 3.05) is 25.5 Å². The predicted molar refractivity (Wildman–Crippen MR) is 100 cm³/mol. The Bertz CT molecular complexity index is 968. The molecular formula is C19H20N2O5S. The fourth-order valence-corrected chi connectivity index (χ4v) is 3.72. The van der Waals surface area contributed by atoms with E-state index in [-0.39, 0.29) is 16.4 Å². The van der Waals surface area contributed by atoms with E-state index < -0.39 is 16.0 Å². The standard InChI is InChI=1S/C19H20N2O5S/c1-20(2)27(24,25)17-6-3-5-14(13-17)19(23)26-16-10-8-15(9-11-16)21-12-4-7-18(21)22/h3,5-6,8-11,13H,4,7,12H2,1-2H3. The Morgan fingerprint density at radius 2 is 1.81 bits per heavy atom. The average molecular weight is 388 g/mol. The highest BCUT2D eigenvalue weighted by Gasteiger charge is 2.22. The van der Waals surface area contributed by atoms with Gasteiger partial charge in [0.1, 0.15) is 5.75 Å². The molecule has 0 aliphatic carbocycles. The Kier molecular flexibility index (Phi) is 5.29. The molecule has 1 fully saturated rings. The van der Waals surface area contributed by atoms with E-state index in [0.29, 0.717) is 18.7 Å². The van der Waals surface area contributed by atoms with E-state index >= 15 is 0 Å². The number of benzene rings is 2. The van der Waals surface area contributed by atoms with Gasteiger partial charge in [0.25, 0.3) is 0 Å². The Morgan fingerprint density at radius 3 is 2.41 bits per heavy atom. The van der Waals surface area contributed by atoms with Crippen molar-refractivity contribution in [1.29, 1.82) is 0 Å². The Morgan fingerprint density at radius 1 is 1.11 bits per heavy atom. The number of carbonyl (C=O) groups is 2. The van der Waals surface area contributed by atoms with E-state index in [1.807, 2.05) is 0 Å². The number of amides is 1. The van der Waals surface area contributed by atoms with Gasteiger partial charge < -0.3 is 9.64 Å². The van der Waals surface area contributed by atoms with Crippen LogP contribution in [0.4, 0.5) is 5.69 Å². The Balaban J connectivity index is 1.75. The minimum absolute atomic E-state index is 0.0184. The van der Waals surface area contributed by atoms with Crippen LogP contribution in [-0.2, 0) is 14.8 Å². The highest BCUT2D eigenvalue weighted by atomic mass is 32.2. The Labute approximate surface area is 158 Å². The summed E-state index contributed by atoms with van der Waals surface area (Å²) in [5, 5.41) is 0. The quantitative estimate of drug-likeness (QED) is 0.580. The number of esters is 1. The first-order valence-electron chi connectivity index (χ1n) is 8.44. The zero-order chi connectivity index (χ0) is 19.6. The van der Waals surface area contributed by atoms with Crippen LogP contribution in [-0.4, -0.2) is 45.2 Å². The maximum Gasteiger partial charge on any atom is 0.343 e. The van der Waals surface area contributed by atoms with Crippen LogP contribution in [0.5, 0.6) is 5.75 Å². The number of sulfonamides is 1. The van der Waals surface area contributed by atoms with Gasteiger partial charge in [0.05, 0.1) is 10.5 Å². The van der Waals surface area contributed by atoms with E-state index in [1.165, 1.54) is 38.4 Å². The van der Waals surface area contributed by atoms with Gasteiger partial charge in [-0.2, -0.15) is 0 Å². The molecular weight excluding hydrogens is 368 g/mol.